The molecule has 0 spiro atoms. The van der Waals surface area contributed by atoms with Crippen LogP contribution in [0.25, 0.3) is 0 Å². The highest BCUT2D eigenvalue weighted by molar-refractivity contribution is 5.52. The second kappa shape index (κ2) is 9.91. The van der Waals surface area contributed by atoms with Gasteiger partial charge in [-0.2, -0.15) is 0 Å². The van der Waals surface area contributed by atoms with E-state index in [0.29, 0.717) is 6.61 Å². The summed E-state index contributed by atoms with van der Waals surface area (Å²) in [6.45, 7) is 13.1. The zero-order valence-corrected chi connectivity index (χ0v) is 19.5. The summed E-state index contributed by atoms with van der Waals surface area (Å²) in [6, 6.07) is 25.3. The molecule has 3 aromatic carbocycles. The first-order chi connectivity index (χ1) is 14.8. The van der Waals surface area contributed by atoms with E-state index in [2.05, 4.69) is 67.6 Å². The first-order valence-corrected chi connectivity index (χ1v) is 11.1. The molecule has 0 saturated heterocycles. The van der Waals surface area contributed by atoms with Gasteiger partial charge >= 0.3 is 0 Å². The van der Waals surface area contributed by atoms with Crippen LogP contribution in [0.3, 0.4) is 0 Å². The van der Waals surface area contributed by atoms with E-state index in [9.17, 15) is 0 Å². The summed E-state index contributed by atoms with van der Waals surface area (Å²) in [5.41, 5.74) is 3.26. The molecule has 3 heteroatoms. The highest BCUT2D eigenvalue weighted by Gasteiger charge is 2.31. The number of hydrogen-bond acceptors (Lipinski definition) is 3. The molecule has 0 saturated carbocycles. The Morgan fingerprint density at radius 1 is 0.581 bits per heavy atom. The van der Waals surface area contributed by atoms with Crippen molar-refractivity contribution in [1.82, 2.24) is 0 Å². The molecule has 0 N–H and O–H groups in total. The Morgan fingerprint density at radius 2 is 0.903 bits per heavy atom. The third-order valence-electron chi connectivity index (χ3n) is 5.35. The van der Waals surface area contributed by atoms with E-state index in [1.54, 1.807) is 0 Å². The highest BCUT2D eigenvalue weighted by atomic mass is 16.5. The normalized spacial score (nSPS) is 11.6. The standard InChI is InChI=1S/C28H34O3/c1-7-29-25-14-8-22(9-15-25)28(6,23-10-16-26(17-11-23)30-20(2)3)24-12-18-27(19-13-24)31-21(4)5/h8-21H,7H2,1-6H3. The number of hydrogen-bond donors (Lipinski definition) is 0. The van der Waals surface area contributed by atoms with Crippen molar-refractivity contribution < 1.29 is 14.2 Å². The van der Waals surface area contributed by atoms with Crippen LogP contribution in [0, 0.1) is 0 Å². The minimum Gasteiger partial charge on any atom is -0.494 e. The summed E-state index contributed by atoms with van der Waals surface area (Å²) in [6.07, 6.45) is 0.300. The summed E-state index contributed by atoms with van der Waals surface area (Å²) < 4.78 is 17.4. The van der Waals surface area contributed by atoms with Crippen LogP contribution in [0.1, 0.15) is 58.2 Å². The van der Waals surface area contributed by atoms with E-state index in [1.807, 2.05) is 46.8 Å². The Balaban J connectivity index is 2.04. The topological polar surface area (TPSA) is 27.7 Å². The quantitative estimate of drug-likeness (QED) is 0.350. The van der Waals surface area contributed by atoms with Gasteiger partial charge in [-0.1, -0.05) is 36.4 Å². The third-order valence-corrected chi connectivity index (χ3v) is 5.35. The molecule has 0 bridgehead atoms. The fourth-order valence-corrected chi connectivity index (χ4v) is 3.83. The van der Waals surface area contributed by atoms with Gasteiger partial charge in [0.2, 0.25) is 0 Å². The van der Waals surface area contributed by atoms with Gasteiger partial charge in [0.1, 0.15) is 17.2 Å². The van der Waals surface area contributed by atoms with Crippen molar-refractivity contribution in [2.45, 2.75) is 59.2 Å². The maximum Gasteiger partial charge on any atom is 0.119 e. The third kappa shape index (κ3) is 5.41. The van der Waals surface area contributed by atoms with Crippen molar-refractivity contribution in [2.75, 3.05) is 6.61 Å². The average molecular weight is 419 g/mol. The van der Waals surface area contributed by atoms with Gasteiger partial charge in [-0.25, -0.2) is 0 Å². The summed E-state index contributed by atoms with van der Waals surface area (Å²) in [5, 5.41) is 0. The van der Waals surface area contributed by atoms with Crippen LogP contribution in [0.2, 0.25) is 0 Å². The van der Waals surface area contributed by atoms with Crippen LogP contribution in [0.4, 0.5) is 0 Å². The first kappa shape index (κ1) is 22.7. The Labute approximate surface area is 187 Å². The molecule has 31 heavy (non-hydrogen) atoms. The van der Waals surface area contributed by atoms with Crippen LogP contribution >= 0.6 is 0 Å². The Hall–Kier alpha value is -2.94. The zero-order chi connectivity index (χ0) is 22.4. The van der Waals surface area contributed by atoms with Gasteiger partial charge in [0, 0.05) is 5.41 Å². The molecule has 0 unspecified atom stereocenters. The number of ether oxygens (including phenoxy) is 3. The first-order valence-electron chi connectivity index (χ1n) is 11.1. The molecule has 0 amide bonds. The van der Waals surface area contributed by atoms with Crippen molar-refractivity contribution in [1.29, 1.82) is 0 Å². The lowest BCUT2D eigenvalue weighted by atomic mass is 9.71. The van der Waals surface area contributed by atoms with Crippen LogP contribution in [-0.4, -0.2) is 18.8 Å². The van der Waals surface area contributed by atoms with Gasteiger partial charge in [-0.3, -0.25) is 0 Å². The van der Waals surface area contributed by atoms with Crippen LogP contribution in [-0.2, 0) is 5.41 Å². The molecule has 0 heterocycles. The van der Waals surface area contributed by atoms with Crippen molar-refractivity contribution >= 4 is 0 Å². The largest absolute Gasteiger partial charge is 0.494 e. The van der Waals surface area contributed by atoms with E-state index < -0.39 is 0 Å². The molecular formula is C28H34O3. The zero-order valence-electron chi connectivity index (χ0n) is 19.5. The molecule has 164 valence electrons. The second-order valence-corrected chi connectivity index (χ2v) is 8.46. The molecule has 0 aliphatic carbocycles. The minimum absolute atomic E-state index is 0.150. The molecule has 3 nitrogen and oxygen atoms in total. The lowest BCUT2D eigenvalue weighted by molar-refractivity contribution is 0.242. The molecular weight excluding hydrogens is 384 g/mol. The van der Waals surface area contributed by atoms with Crippen LogP contribution in [0.15, 0.2) is 72.8 Å². The fraction of sp³-hybridized carbons (Fsp3) is 0.357. The Morgan fingerprint density at radius 3 is 1.19 bits per heavy atom. The summed E-state index contributed by atoms with van der Waals surface area (Å²) >= 11 is 0. The predicted octanol–water partition coefficient (Wildman–Crippen LogP) is 7.01. The average Bonchev–Trinajstić information content (AvgIpc) is 2.74. The van der Waals surface area contributed by atoms with Gasteiger partial charge in [0.15, 0.2) is 0 Å². The molecule has 3 rings (SSSR count). The van der Waals surface area contributed by atoms with E-state index in [-0.39, 0.29) is 17.6 Å². The van der Waals surface area contributed by atoms with Gasteiger partial charge in [0.25, 0.3) is 0 Å². The molecule has 0 aliphatic heterocycles. The molecule has 0 fully saturated rings. The van der Waals surface area contributed by atoms with E-state index in [0.717, 1.165) is 17.2 Å². The predicted molar refractivity (Wildman–Crippen MR) is 128 cm³/mol. The monoisotopic (exact) mass is 418 g/mol. The van der Waals surface area contributed by atoms with Crippen LogP contribution in [0.5, 0.6) is 17.2 Å². The van der Waals surface area contributed by atoms with E-state index in [4.69, 9.17) is 14.2 Å². The number of rotatable bonds is 9. The van der Waals surface area contributed by atoms with E-state index >= 15 is 0 Å². The molecule has 3 aromatic rings. The van der Waals surface area contributed by atoms with Gasteiger partial charge in [0.05, 0.1) is 18.8 Å². The van der Waals surface area contributed by atoms with E-state index in [1.165, 1.54) is 16.7 Å². The molecule has 0 atom stereocenters. The molecule has 0 aromatic heterocycles. The molecule has 0 radical (unpaired) electrons. The lowest BCUT2D eigenvalue weighted by Crippen LogP contribution is -2.25. The molecule has 0 aliphatic rings. The van der Waals surface area contributed by atoms with Crippen molar-refractivity contribution in [3.63, 3.8) is 0 Å². The van der Waals surface area contributed by atoms with Gasteiger partial charge < -0.3 is 14.2 Å². The second-order valence-electron chi connectivity index (χ2n) is 8.46. The van der Waals surface area contributed by atoms with Crippen molar-refractivity contribution in [3.05, 3.63) is 89.5 Å². The summed E-state index contributed by atoms with van der Waals surface area (Å²) in [5.74, 6) is 2.65. The smallest absolute Gasteiger partial charge is 0.119 e. The SMILES string of the molecule is CCOc1ccc(C(C)(c2ccc(OC(C)C)cc2)c2ccc(OC(C)C)cc2)cc1. The van der Waals surface area contributed by atoms with Gasteiger partial charge in [-0.05, 0) is 94.6 Å². The van der Waals surface area contributed by atoms with Crippen molar-refractivity contribution in [2.24, 2.45) is 0 Å². The van der Waals surface area contributed by atoms with Gasteiger partial charge in [-0.15, -0.1) is 0 Å². The maximum absolute atomic E-state index is 5.86. The number of benzene rings is 3. The summed E-state index contributed by atoms with van der Waals surface area (Å²) in [7, 11) is 0. The Bertz CT molecular complexity index is 886. The minimum atomic E-state index is -0.336. The van der Waals surface area contributed by atoms with Crippen LogP contribution < -0.4 is 14.2 Å². The maximum atomic E-state index is 5.86. The summed E-state index contributed by atoms with van der Waals surface area (Å²) in [4.78, 5) is 0. The lowest BCUT2D eigenvalue weighted by Gasteiger charge is -2.32. The Kier molecular flexibility index (Phi) is 7.27. The highest BCUT2D eigenvalue weighted by Crippen LogP contribution is 2.40. The fourth-order valence-electron chi connectivity index (χ4n) is 3.83. The van der Waals surface area contributed by atoms with Crippen molar-refractivity contribution in [3.8, 4) is 17.2 Å².